The van der Waals surface area contributed by atoms with Crippen LogP contribution in [0.3, 0.4) is 0 Å². The SMILES string of the molecule is CCCC1CCC2(CC1)C(N)CS(=O)(=O)N2CC. The summed E-state index contributed by atoms with van der Waals surface area (Å²) in [6.45, 7) is 4.71. The summed E-state index contributed by atoms with van der Waals surface area (Å²) in [5, 5.41) is 0. The molecule has 1 spiro atoms. The molecule has 4 nitrogen and oxygen atoms in total. The molecule has 2 fully saturated rings. The minimum absolute atomic E-state index is 0.138. The Balaban J connectivity index is 2.16. The van der Waals surface area contributed by atoms with Crippen LogP contribution in [0.1, 0.15) is 52.4 Å². The zero-order valence-electron chi connectivity index (χ0n) is 11.6. The summed E-state index contributed by atoms with van der Waals surface area (Å²) in [6.07, 6.45) is 6.66. The zero-order valence-corrected chi connectivity index (χ0v) is 12.4. The average molecular weight is 274 g/mol. The maximum atomic E-state index is 12.1. The number of nitrogens with two attached hydrogens (primary N) is 1. The van der Waals surface area contributed by atoms with E-state index < -0.39 is 10.0 Å². The molecule has 0 aromatic carbocycles. The van der Waals surface area contributed by atoms with E-state index in [1.165, 1.54) is 12.8 Å². The molecule has 2 N–H and O–H groups in total. The van der Waals surface area contributed by atoms with Crippen molar-refractivity contribution >= 4 is 10.0 Å². The summed E-state index contributed by atoms with van der Waals surface area (Å²) in [4.78, 5) is 0. The quantitative estimate of drug-likeness (QED) is 0.852. The molecule has 5 heteroatoms. The van der Waals surface area contributed by atoms with E-state index in [2.05, 4.69) is 6.92 Å². The van der Waals surface area contributed by atoms with Crippen molar-refractivity contribution in [1.82, 2.24) is 4.31 Å². The lowest BCUT2D eigenvalue weighted by Gasteiger charge is -2.44. The molecule has 1 atom stereocenters. The topological polar surface area (TPSA) is 63.4 Å². The lowest BCUT2D eigenvalue weighted by atomic mass is 9.72. The second-order valence-corrected chi connectivity index (χ2v) is 7.82. The monoisotopic (exact) mass is 274 g/mol. The van der Waals surface area contributed by atoms with Gasteiger partial charge in [0, 0.05) is 12.6 Å². The van der Waals surface area contributed by atoms with Crippen molar-refractivity contribution in [2.75, 3.05) is 12.3 Å². The molecular formula is C13H26N2O2S. The minimum Gasteiger partial charge on any atom is -0.325 e. The molecule has 0 amide bonds. The van der Waals surface area contributed by atoms with Crippen LogP contribution < -0.4 is 5.73 Å². The highest BCUT2D eigenvalue weighted by Crippen LogP contribution is 2.44. The Kier molecular flexibility index (Phi) is 4.04. The number of hydrogen-bond acceptors (Lipinski definition) is 3. The molecule has 2 aliphatic rings. The lowest BCUT2D eigenvalue weighted by molar-refractivity contribution is 0.102. The normalized spacial score (nSPS) is 40.4. The Bertz CT molecular complexity index is 386. The van der Waals surface area contributed by atoms with Gasteiger partial charge in [0.05, 0.1) is 11.3 Å². The van der Waals surface area contributed by atoms with Gasteiger partial charge in [-0.3, -0.25) is 0 Å². The fourth-order valence-electron chi connectivity index (χ4n) is 3.94. The summed E-state index contributed by atoms with van der Waals surface area (Å²) in [5.41, 5.74) is 5.92. The third kappa shape index (κ3) is 2.21. The summed E-state index contributed by atoms with van der Waals surface area (Å²) in [7, 11) is -3.12. The first-order valence-corrected chi connectivity index (χ1v) is 8.83. The van der Waals surface area contributed by atoms with Crippen molar-refractivity contribution in [3.05, 3.63) is 0 Å². The third-order valence-corrected chi connectivity index (χ3v) is 6.94. The van der Waals surface area contributed by atoms with Gasteiger partial charge in [0.2, 0.25) is 10.0 Å². The Hall–Kier alpha value is -0.130. The Morgan fingerprint density at radius 1 is 1.28 bits per heavy atom. The van der Waals surface area contributed by atoms with Gasteiger partial charge in [-0.05, 0) is 31.6 Å². The van der Waals surface area contributed by atoms with Gasteiger partial charge in [0.1, 0.15) is 0 Å². The minimum atomic E-state index is -3.12. The van der Waals surface area contributed by atoms with Gasteiger partial charge in [0.25, 0.3) is 0 Å². The van der Waals surface area contributed by atoms with Crippen LogP contribution in [0.2, 0.25) is 0 Å². The predicted octanol–water partition coefficient (Wildman–Crippen LogP) is 1.71. The van der Waals surface area contributed by atoms with E-state index in [4.69, 9.17) is 5.73 Å². The molecule has 1 aliphatic heterocycles. The van der Waals surface area contributed by atoms with Gasteiger partial charge < -0.3 is 5.73 Å². The van der Waals surface area contributed by atoms with E-state index in [1.54, 1.807) is 4.31 Å². The molecule has 106 valence electrons. The molecule has 0 bridgehead atoms. The smallest absolute Gasteiger partial charge is 0.216 e. The molecule has 1 saturated heterocycles. The fraction of sp³-hybridized carbons (Fsp3) is 1.00. The van der Waals surface area contributed by atoms with E-state index in [0.717, 1.165) is 31.6 Å². The van der Waals surface area contributed by atoms with Gasteiger partial charge in [-0.1, -0.05) is 26.7 Å². The molecule has 18 heavy (non-hydrogen) atoms. The standard InChI is InChI=1S/C13H26N2O2S/c1-3-5-11-6-8-13(9-7-11)12(14)10-18(16,17)15(13)4-2/h11-12H,3-10,14H2,1-2H3. The van der Waals surface area contributed by atoms with E-state index in [0.29, 0.717) is 6.54 Å². The van der Waals surface area contributed by atoms with Crippen molar-refractivity contribution in [1.29, 1.82) is 0 Å². The lowest BCUT2D eigenvalue weighted by Crippen LogP contribution is -2.56. The molecule has 0 aromatic heterocycles. The highest BCUT2D eigenvalue weighted by atomic mass is 32.2. The first-order chi connectivity index (χ1) is 8.46. The van der Waals surface area contributed by atoms with Crippen LogP contribution in [0.4, 0.5) is 0 Å². The van der Waals surface area contributed by atoms with Crippen LogP contribution in [0, 0.1) is 5.92 Å². The van der Waals surface area contributed by atoms with Crippen molar-refractivity contribution in [3.8, 4) is 0 Å². The molecule has 1 aliphatic carbocycles. The van der Waals surface area contributed by atoms with Crippen molar-refractivity contribution in [3.63, 3.8) is 0 Å². The van der Waals surface area contributed by atoms with Gasteiger partial charge >= 0.3 is 0 Å². The second kappa shape index (κ2) is 5.10. The third-order valence-electron chi connectivity index (χ3n) is 4.87. The Morgan fingerprint density at radius 3 is 2.39 bits per heavy atom. The van der Waals surface area contributed by atoms with Crippen LogP contribution in [0.5, 0.6) is 0 Å². The molecule has 0 radical (unpaired) electrons. The Morgan fingerprint density at radius 2 is 1.89 bits per heavy atom. The summed E-state index contributed by atoms with van der Waals surface area (Å²) in [5.74, 6) is 0.911. The second-order valence-electron chi connectivity index (χ2n) is 5.89. The zero-order chi connectivity index (χ0) is 13.4. The van der Waals surface area contributed by atoms with Gasteiger partial charge in [-0.2, -0.15) is 4.31 Å². The van der Waals surface area contributed by atoms with Gasteiger partial charge in [-0.15, -0.1) is 0 Å². The molecule has 2 rings (SSSR count). The fourth-order valence-corrected chi connectivity index (χ4v) is 6.15. The van der Waals surface area contributed by atoms with Crippen LogP contribution in [-0.4, -0.2) is 36.6 Å². The van der Waals surface area contributed by atoms with E-state index in [9.17, 15) is 8.42 Å². The van der Waals surface area contributed by atoms with Gasteiger partial charge in [0.15, 0.2) is 0 Å². The number of nitrogens with zero attached hydrogens (tertiary/aromatic N) is 1. The van der Waals surface area contributed by atoms with Crippen LogP contribution >= 0.6 is 0 Å². The van der Waals surface area contributed by atoms with Crippen LogP contribution in [0.25, 0.3) is 0 Å². The predicted molar refractivity (Wildman–Crippen MR) is 73.7 cm³/mol. The molecular weight excluding hydrogens is 248 g/mol. The highest BCUT2D eigenvalue weighted by Gasteiger charge is 2.55. The van der Waals surface area contributed by atoms with Crippen molar-refractivity contribution in [2.45, 2.75) is 64.0 Å². The number of likely N-dealkylation sites (N-methyl/N-ethyl adjacent to an activating group) is 1. The average Bonchev–Trinajstić information content (AvgIpc) is 2.49. The first kappa shape index (κ1) is 14.3. The van der Waals surface area contributed by atoms with Crippen LogP contribution in [0.15, 0.2) is 0 Å². The van der Waals surface area contributed by atoms with E-state index in [-0.39, 0.29) is 17.3 Å². The molecule has 1 unspecified atom stereocenters. The molecule has 1 saturated carbocycles. The van der Waals surface area contributed by atoms with E-state index >= 15 is 0 Å². The molecule has 0 aromatic rings. The highest BCUT2D eigenvalue weighted by molar-refractivity contribution is 7.89. The molecule has 1 heterocycles. The maximum absolute atomic E-state index is 12.1. The summed E-state index contributed by atoms with van der Waals surface area (Å²) >= 11 is 0. The largest absolute Gasteiger partial charge is 0.325 e. The summed E-state index contributed by atoms with van der Waals surface area (Å²) < 4.78 is 26.0. The van der Waals surface area contributed by atoms with E-state index in [1.807, 2.05) is 6.92 Å². The van der Waals surface area contributed by atoms with Crippen LogP contribution in [-0.2, 0) is 10.0 Å². The van der Waals surface area contributed by atoms with Gasteiger partial charge in [-0.25, -0.2) is 8.42 Å². The maximum Gasteiger partial charge on any atom is 0.216 e. The van der Waals surface area contributed by atoms with Crippen molar-refractivity contribution < 1.29 is 8.42 Å². The number of rotatable bonds is 3. The van der Waals surface area contributed by atoms with Crippen molar-refractivity contribution in [2.24, 2.45) is 11.7 Å². The first-order valence-electron chi connectivity index (χ1n) is 7.22. The number of hydrogen-bond donors (Lipinski definition) is 1. The number of sulfonamides is 1. The Labute approximate surface area is 111 Å². The summed E-state index contributed by atoms with van der Waals surface area (Å²) in [6, 6.07) is -0.204.